The molecule has 22 heavy (non-hydrogen) atoms. The number of carbonyl (C=O) groups excluding carboxylic acids is 1. The molecular formula is C17H24N2O3. The number of nitrogens with one attached hydrogen (secondary N) is 2. The van der Waals surface area contributed by atoms with Crippen molar-refractivity contribution in [1.82, 2.24) is 10.6 Å². The van der Waals surface area contributed by atoms with Crippen LogP contribution in [0.2, 0.25) is 0 Å². The SMILES string of the molecule is O=C(CCOC1CCOCC1)NCc1ccc2c(c1)CNC2. The predicted octanol–water partition coefficient (Wildman–Crippen LogP) is 1.49. The second-order valence-electron chi connectivity index (χ2n) is 5.92. The number of rotatable bonds is 6. The standard InChI is InChI=1S/C17H24N2O3/c20-17(5-8-22-16-3-6-21-7-4-16)19-10-13-1-2-14-11-18-12-15(14)9-13/h1-2,9,16,18H,3-8,10-12H2,(H,19,20). The topological polar surface area (TPSA) is 59.6 Å². The lowest BCUT2D eigenvalue weighted by molar-refractivity contribution is -0.123. The quantitative estimate of drug-likeness (QED) is 0.836. The first kappa shape index (κ1) is 15.5. The normalized spacial score (nSPS) is 18.2. The zero-order valence-electron chi connectivity index (χ0n) is 12.9. The fourth-order valence-corrected chi connectivity index (χ4v) is 2.91. The van der Waals surface area contributed by atoms with Crippen molar-refractivity contribution in [1.29, 1.82) is 0 Å². The summed E-state index contributed by atoms with van der Waals surface area (Å²) in [6.45, 7) is 4.49. The Bertz CT molecular complexity index is 513. The van der Waals surface area contributed by atoms with E-state index >= 15 is 0 Å². The molecule has 1 amide bonds. The molecular weight excluding hydrogens is 280 g/mol. The van der Waals surface area contributed by atoms with E-state index in [-0.39, 0.29) is 12.0 Å². The Labute approximate surface area is 131 Å². The molecule has 1 fully saturated rings. The van der Waals surface area contributed by atoms with E-state index in [0.29, 0.717) is 19.6 Å². The Balaban J connectivity index is 1.35. The third kappa shape index (κ3) is 4.29. The van der Waals surface area contributed by atoms with Gasteiger partial charge in [0.05, 0.1) is 12.7 Å². The summed E-state index contributed by atoms with van der Waals surface area (Å²) < 4.78 is 11.0. The van der Waals surface area contributed by atoms with Gasteiger partial charge in [0.25, 0.3) is 0 Å². The first-order valence-corrected chi connectivity index (χ1v) is 8.09. The van der Waals surface area contributed by atoms with Crippen LogP contribution in [0.25, 0.3) is 0 Å². The van der Waals surface area contributed by atoms with Crippen LogP contribution in [0.15, 0.2) is 18.2 Å². The van der Waals surface area contributed by atoms with Crippen LogP contribution in [0.5, 0.6) is 0 Å². The first-order chi connectivity index (χ1) is 10.8. The van der Waals surface area contributed by atoms with Gasteiger partial charge < -0.3 is 20.1 Å². The van der Waals surface area contributed by atoms with Crippen LogP contribution >= 0.6 is 0 Å². The van der Waals surface area contributed by atoms with Crippen molar-refractivity contribution in [3.63, 3.8) is 0 Å². The summed E-state index contributed by atoms with van der Waals surface area (Å²) in [5, 5.41) is 6.29. The Morgan fingerprint density at radius 1 is 1.27 bits per heavy atom. The number of hydrogen-bond acceptors (Lipinski definition) is 4. The van der Waals surface area contributed by atoms with Crippen molar-refractivity contribution in [2.45, 2.75) is 45.0 Å². The van der Waals surface area contributed by atoms with Crippen LogP contribution in [-0.4, -0.2) is 31.8 Å². The number of fused-ring (bicyclic) bond motifs is 1. The Morgan fingerprint density at radius 2 is 2.09 bits per heavy atom. The maximum Gasteiger partial charge on any atom is 0.222 e. The van der Waals surface area contributed by atoms with Crippen molar-refractivity contribution < 1.29 is 14.3 Å². The number of carbonyl (C=O) groups is 1. The summed E-state index contributed by atoms with van der Waals surface area (Å²) in [6.07, 6.45) is 2.55. The Hall–Kier alpha value is -1.43. The van der Waals surface area contributed by atoms with Crippen LogP contribution < -0.4 is 10.6 Å². The predicted molar refractivity (Wildman–Crippen MR) is 83.2 cm³/mol. The Kier molecular flexibility index (Phi) is 5.43. The van der Waals surface area contributed by atoms with Crippen molar-refractivity contribution in [3.05, 3.63) is 34.9 Å². The van der Waals surface area contributed by atoms with Crippen LogP contribution in [0.4, 0.5) is 0 Å². The van der Waals surface area contributed by atoms with E-state index in [1.165, 1.54) is 11.1 Å². The summed E-state index contributed by atoms with van der Waals surface area (Å²) in [7, 11) is 0. The molecule has 0 unspecified atom stereocenters. The molecule has 5 nitrogen and oxygen atoms in total. The molecule has 2 aliphatic rings. The third-order valence-corrected chi connectivity index (χ3v) is 4.24. The lowest BCUT2D eigenvalue weighted by atomic mass is 10.1. The minimum absolute atomic E-state index is 0.0469. The van der Waals surface area contributed by atoms with E-state index < -0.39 is 0 Å². The number of ether oxygens (including phenoxy) is 2. The molecule has 2 heterocycles. The molecule has 0 saturated carbocycles. The monoisotopic (exact) mass is 304 g/mol. The van der Waals surface area contributed by atoms with E-state index in [0.717, 1.165) is 44.7 Å². The summed E-state index contributed by atoms with van der Waals surface area (Å²) >= 11 is 0. The van der Waals surface area contributed by atoms with E-state index in [1.54, 1.807) is 0 Å². The van der Waals surface area contributed by atoms with Gasteiger partial charge in [-0.2, -0.15) is 0 Å². The van der Waals surface area contributed by atoms with Crippen LogP contribution in [0.1, 0.15) is 36.0 Å². The molecule has 0 atom stereocenters. The van der Waals surface area contributed by atoms with Crippen LogP contribution in [0, 0.1) is 0 Å². The zero-order valence-corrected chi connectivity index (χ0v) is 12.9. The van der Waals surface area contributed by atoms with Gasteiger partial charge in [0.15, 0.2) is 0 Å². The van der Waals surface area contributed by atoms with Gasteiger partial charge in [-0.25, -0.2) is 0 Å². The average molecular weight is 304 g/mol. The fourth-order valence-electron chi connectivity index (χ4n) is 2.91. The third-order valence-electron chi connectivity index (χ3n) is 4.24. The lowest BCUT2D eigenvalue weighted by Gasteiger charge is -2.22. The molecule has 0 spiro atoms. The van der Waals surface area contributed by atoms with Gasteiger partial charge in [0.1, 0.15) is 0 Å². The van der Waals surface area contributed by atoms with Crippen molar-refractivity contribution in [2.24, 2.45) is 0 Å². The summed E-state index contributed by atoms with van der Waals surface area (Å²) in [5.74, 6) is 0.0469. The average Bonchev–Trinajstić information content (AvgIpc) is 3.01. The van der Waals surface area contributed by atoms with E-state index in [4.69, 9.17) is 9.47 Å². The van der Waals surface area contributed by atoms with Gasteiger partial charge in [0, 0.05) is 39.3 Å². The van der Waals surface area contributed by atoms with Crippen LogP contribution in [-0.2, 0) is 33.9 Å². The largest absolute Gasteiger partial charge is 0.381 e. The van der Waals surface area contributed by atoms with E-state index in [2.05, 4.69) is 28.8 Å². The summed E-state index contributed by atoms with van der Waals surface area (Å²) in [4.78, 5) is 11.9. The zero-order chi connectivity index (χ0) is 15.2. The fraction of sp³-hybridized carbons (Fsp3) is 0.588. The van der Waals surface area contributed by atoms with Gasteiger partial charge in [-0.05, 0) is 29.5 Å². The van der Waals surface area contributed by atoms with E-state index in [1.807, 2.05) is 0 Å². The smallest absolute Gasteiger partial charge is 0.222 e. The highest BCUT2D eigenvalue weighted by molar-refractivity contribution is 5.75. The second-order valence-corrected chi connectivity index (χ2v) is 5.92. The highest BCUT2D eigenvalue weighted by atomic mass is 16.5. The number of amides is 1. The molecule has 120 valence electrons. The molecule has 0 bridgehead atoms. The number of hydrogen-bond donors (Lipinski definition) is 2. The summed E-state index contributed by atoms with van der Waals surface area (Å²) in [6, 6.07) is 6.41. The van der Waals surface area contributed by atoms with Gasteiger partial charge >= 0.3 is 0 Å². The summed E-state index contributed by atoms with van der Waals surface area (Å²) in [5.41, 5.74) is 3.86. The van der Waals surface area contributed by atoms with Crippen molar-refractivity contribution in [2.75, 3.05) is 19.8 Å². The molecule has 3 rings (SSSR count). The van der Waals surface area contributed by atoms with Gasteiger partial charge in [-0.1, -0.05) is 18.2 Å². The highest BCUT2D eigenvalue weighted by Gasteiger charge is 2.14. The lowest BCUT2D eigenvalue weighted by Crippen LogP contribution is -2.27. The molecule has 0 aliphatic carbocycles. The van der Waals surface area contributed by atoms with Gasteiger partial charge in [0.2, 0.25) is 5.91 Å². The maximum absolute atomic E-state index is 11.9. The molecule has 5 heteroatoms. The molecule has 0 aromatic heterocycles. The highest BCUT2D eigenvalue weighted by Crippen LogP contribution is 2.17. The van der Waals surface area contributed by atoms with Gasteiger partial charge in [-0.15, -0.1) is 0 Å². The molecule has 1 saturated heterocycles. The van der Waals surface area contributed by atoms with E-state index in [9.17, 15) is 4.79 Å². The second kappa shape index (κ2) is 7.72. The maximum atomic E-state index is 11.9. The first-order valence-electron chi connectivity index (χ1n) is 8.09. The number of benzene rings is 1. The minimum atomic E-state index is 0.0469. The van der Waals surface area contributed by atoms with Crippen molar-refractivity contribution >= 4 is 5.91 Å². The molecule has 2 N–H and O–H groups in total. The van der Waals surface area contributed by atoms with Crippen molar-refractivity contribution in [3.8, 4) is 0 Å². The molecule has 2 aliphatic heterocycles. The Morgan fingerprint density at radius 3 is 2.95 bits per heavy atom. The van der Waals surface area contributed by atoms with Crippen LogP contribution in [0.3, 0.4) is 0 Å². The molecule has 1 aromatic rings. The van der Waals surface area contributed by atoms with Gasteiger partial charge in [-0.3, -0.25) is 4.79 Å². The minimum Gasteiger partial charge on any atom is -0.381 e. The molecule has 1 aromatic carbocycles. The molecule has 0 radical (unpaired) electrons.